The standard InChI is InChI=1S/C24H32N6O3/c1-4-18-5-7-19(8-6-18)29-15-17(2)16-30-20-21(25-23(29)30)26(3)24(32)28(22(20)31)10-9-27-11-13-33-14-12-27/h5-8,17H,4,9-16H2,1-3H3/p+1/t17-/m1/s1. The van der Waals surface area contributed by atoms with Gasteiger partial charge in [-0.2, -0.15) is 4.98 Å². The van der Waals surface area contributed by atoms with Gasteiger partial charge in [-0.25, -0.2) is 4.79 Å². The van der Waals surface area contributed by atoms with Gasteiger partial charge in [0.25, 0.3) is 5.56 Å². The van der Waals surface area contributed by atoms with E-state index in [1.54, 1.807) is 7.05 Å². The van der Waals surface area contributed by atoms with E-state index in [1.165, 1.54) is 19.6 Å². The van der Waals surface area contributed by atoms with Crippen molar-refractivity contribution in [1.29, 1.82) is 0 Å². The van der Waals surface area contributed by atoms with E-state index in [-0.39, 0.29) is 11.2 Å². The number of fused-ring (bicyclic) bond motifs is 3. The Labute approximate surface area is 192 Å². The molecular formula is C24H33N6O3+. The van der Waals surface area contributed by atoms with E-state index in [9.17, 15) is 9.59 Å². The average Bonchev–Trinajstić information content (AvgIpc) is 3.22. The zero-order valence-electron chi connectivity index (χ0n) is 19.7. The fourth-order valence-electron chi connectivity index (χ4n) is 5.01. The van der Waals surface area contributed by atoms with E-state index in [0.717, 1.165) is 57.4 Å². The summed E-state index contributed by atoms with van der Waals surface area (Å²) in [5.41, 5.74) is 2.77. The van der Waals surface area contributed by atoms with Crippen LogP contribution in [0, 0.1) is 5.92 Å². The first-order chi connectivity index (χ1) is 16.0. The molecule has 33 heavy (non-hydrogen) atoms. The van der Waals surface area contributed by atoms with Crippen LogP contribution in [0.25, 0.3) is 11.2 Å². The van der Waals surface area contributed by atoms with Gasteiger partial charge in [-0.05, 0) is 30.0 Å². The second kappa shape index (κ2) is 8.79. The third kappa shape index (κ3) is 3.89. The molecule has 1 fully saturated rings. The van der Waals surface area contributed by atoms with Gasteiger partial charge in [0.05, 0.1) is 26.3 Å². The van der Waals surface area contributed by atoms with Gasteiger partial charge in [-0.1, -0.05) is 26.0 Å². The van der Waals surface area contributed by atoms with E-state index in [2.05, 4.69) is 43.0 Å². The molecule has 0 spiro atoms. The average molecular weight is 454 g/mol. The fourth-order valence-corrected chi connectivity index (χ4v) is 5.01. The van der Waals surface area contributed by atoms with Crippen LogP contribution >= 0.6 is 0 Å². The van der Waals surface area contributed by atoms with Gasteiger partial charge in [0.2, 0.25) is 5.95 Å². The molecule has 9 heteroatoms. The molecule has 3 aromatic rings. The summed E-state index contributed by atoms with van der Waals surface area (Å²) in [6.45, 7) is 10.2. The van der Waals surface area contributed by atoms with Gasteiger partial charge < -0.3 is 19.1 Å². The van der Waals surface area contributed by atoms with Crippen LogP contribution in [0.4, 0.5) is 11.6 Å². The van der Waals surface area contributed by atoms with Crippen LogP contribution in [0.15, 0.2) is 33.9 Å². The maximum absolute atomic E-state index is 13.6. The minimum atomic E-state index is -0.303. The number of morpholine rings is 1. The minimum Gasteiger partial charge on any atom is -0.370 e. The van der Waals surface area contributed by atoms with E-state index < -0.39 is 0 Å². The van der Waals surface area contributed by atoms with Gasteiger partial charge in [-0.15, -0.1) is 0 Å². The number of ether oxygens (including phenoxy) is 1. The molecule has 4 heterocycles. The molecule has 1 atom stereocenters. The molecule has 1 aromatic carbocycles. The summed E-state index contributed by atoms with van der Waals surface area (Å²) in [5, 5.41) is 0. The van der Waals surface area contributed by atoms with E-state index in [0.29, 0.717) is 30.2 Å². The molecule has 5 rings (SSSR count). The number of imidazole rings is 1. The van der Waals surface area contributed by atoms with Crippen LogP contribution in [0.5, 0.6) is 0 Å². The number of rotatable bonds is 5. The summed E-state index contributed by atoms with van der Waals surface area (Å²) < 4.78 is 10.4. The molecule has 0 amide bonds. The van der Waals surface area contributed by atoms with Crippen molar-refractivity contribution in [2.45, 2.75) is 33.4 Å². The maximum Gasteiger partial charge on any atom is 0.332 e. The van der Waals surface area contributed by atoms with Crippen LogP contribution in [0.1, 0.15) is 19.4 Å². The van der Waals surface area contributed by atoms with E-state index >= 15 is 0 Å². The molecule has 1 saturated heterocycles. The molecule has 9 nitrogen and oxygen atoms in total. The predicted octanol–water partition coefficient (Wildman–Crippen LogP) is 0.162. The highest BCUT2D eigenvalue weighted by Crippen LogP contribution is 2.32. The number of nitrogens with one attached hydrogen (secondary N) is 1. The normalized spacial score (nSPS) is 19.2. The van der Waals surface area contributed by atoms with E-state index in [4.69, 9.17) is 9.72 Å². The van der Waals surface area contributed by atoms with E-state index in [1.807, 2.05) is 4.57 Å². The van der Waals surface area contributed by atoms with Crippen LogP contribution in [-0.2, 0) is 31.3 Å². The summed E-state index contributed by atoms with van der Waals surface area (Å²) in [7, 11) is 1.71. The molecule has 1 N–H and O–H groups in total. The largest absolute Gasteiger partial charge is 0.370 e. The van der Waals surface area contributed by atoms with Crippen molar-refractivity contribution >= 4 is 22.8 Å². The molecule has 0 radical (unpaired) electrons. The van der Waals surface area contributed by atoms with Crippen LogP contribution in [0.2, 0.25) is 0 Å². The predicted molar refractivity (Wildman–Crippen MR) is 128 cm³/mol. The number of aryl methyl sites for hydroxylation is 2. The zero-order chi connectivity index (χ0) is 23.1. The number of quaternary nitrogens is 1. The first-order valence-electron chi connectivity index (χ1n) is 12.0. The molecular weight excluding hydrogens is 420 g/mol. The maximum atomic E-state index is 13.6. The van der Waals surface area contributed by atoms with Crippen LogP contribution < -0.4 is 21.0 Å². The number of anilines is 2. The molecule has 2 aromatic heterocycles. The van der Waals surface area contributed by atoms with Crippen molar-refractivity contribution in [3.8, 4) is 0 Å². The first-order valence-corrected chi connectivity index (χ1v) is 12.0. The fraction of sp³-hybridized carbons (Fsp3) is 0.542. The number of benzene rings is 1. The highest BCUT2D eigenvalue weighted by Gasteiger charge is 2.30. The monoisotopic (exact) mass is 453 g/mol. The lowest BCUT2D eigenvalue weighted by Crippen LogP contribution is -3.14. The summed E-state index contributed by atoms with van der Waals surface area (Å²) in [6, 6.07) is 8.50. The second-order valence-electron chi connectivity index (χ2n) is 9.34. The lowest BCUT2D eigenvalue weighted by molar-refractivity contribution is -0.908. The number of hydrogen-bond acceptors (Lipinski definition) is 5. The molecule has 0 saturated carbocycles. The van der Waals surface area contributed by atoms with Crippen LogP contribution in [-0.4, -0.2) is 58.1 Å². The molecule has 2 aliphatic heterocycles. The van der Waals surface area contributed by atoms with Gasteiger partial charge in [0, 0.05) is 25.8 Å². The van der Waals surface area contributed by atoms with Crippen molar-refractivity contribution in [3.05, 3.63) is 50.7 Å². The summed E-state index contributed by atoms with van der Waals surface area (Å²) >= 11 is 0. The Morgan fingerprint density at radius 3 is 2.55 bits per heavy atom. The van der Waals surface area contributed by atoms with Gasteiger partial charge >= 0.3 is 5.69 Å². The Bertz CT molecular complexity index is 1270. The number of aromatic nitrogens is 4. The van der Waals surface area contributed by atoms with Crippen molar-refractivity contribution in [1.82, 2.24) is 18.7 Å². The molecule has 176 valence electrons. The first kappa shape index (κ1) is 21.9. The smallest absolute Gasteiger partial charge is 0.332 e. The summed E-state index contributed by atoms with van der Waals surface area (Å²) in [5.74, 6) is 1.07. The van der Waals surface area contributed by atoms with Crippen molar-refractivity contribution in [3.63, 3.8) is 0 Å². The summed E-state index contributed by atoms with van der Waals surface area (Å²) in [4.78, 5) is 35.0. The van der Waals surface area contributed by atoms with Gasteiger partial charge in [0.15, 0.2) is 11.2 Å². The highest BCUT2D eigenvalue weighted by atomic mass is 16.5. The van der Waals surface area contributed by atoms with Gasteiger partial charge in [0.1, 0.15) is 13.1 Å². The Morgan fingerprint density at radius 2 is 1.85 bits per heavy atom. The molecule has 0 unspecified atom stereocenters. The number of hydrogen-bond donors (Lipinski definition) is 1. The van der Waals surface area contributed by atoms with Gasteiger partial charge in [-0.3, -0.25) is 13.9 Å². The zero-order valence-corrected chi connectivity index (χ0v) is 19.7. The Morgan fingerprint density at radius 1 is 1.12 bits per heavy atom. The highest BCUT2D eigenvalue weighted by molar-refractivity contribution is 5.77. The lowest BCUT2D eigenvalue weighted by Gasteiger charge is -2.33. The summed E-state index contributed by atoms with van der Waals surface area (Å²) in [6.07, 6.45) is 0.989. The molecule has 0 bridgehead atoms. The SMILES string of the molecule is CCc1ccc(N2C[C@@H](C)Cn3c2nc2c3c(=O)n(CC[NH+]3CCOCC3)c(=O)n2C)cc1. The molecule has 2 aliphatic rings. The topological polar surface area (TPSA) is 78.7 Å². The van der Waals surface area contributed by atoms with Crippen molar-refractivity contribution in [2.24, 2.45) is 13.0 Å². The Kier molecular flexibility index (Phi) is 5.84. The third-order valence-corrected chi connectivity index (χ3v) is 6.99. The quantitative estimate of drug-likeness (QED) is 0.596. The van der Waals surface area contributed by atoms with Crippen molar-refractivity contribution in [2.75, 3.05) is 44.3 Å². The third-order valence-electron chi connectivity index (χ3n) is 6.99. The minimum absolute atomic E-state index is 0.241. The second-order valence-corrected chi connectivity index (χ2v) is 9.34. The Hall–Kier alpha value is -2.91. The Balaban J connectivity index is 1.58. The lowest BCUT2D eigenvalue weighted by atomic mass is 10.1. The number of nitrogens with zero attached hydrogens (tertiary/aromatic N) is 5. The van der Waals surface area contributed by atoms with Crippen LogP contribution in [0.3, 0.4) is 0 Å². The molecule has 0 aliphatic carbocycles. The van der Waals surface area contributed by atoms with Crippen molar-refractivity contribution < 1.29 is 9.64 Å².